The lowest BCUT2D eigenvalue weighted by atomic mass is 10.1. The number of aliphatic hydroxyl groups excluding tert-OH is 2. The summed E-state index contributed by atoms with van der Waals surface area (Å²) in [5, 5.41) is 19.5. The number of aryl methyl sites for hydroxylation is 1. The molecule has 6 rings (SSSR count). The maximum atomic E-state index is 13.9. The number of amides is 3. The predicted molar refractivity (Wildman–Crippen MR) is 243 cm³/mol. The number of aliphatic hydroxyl groups is 2. The van der Waals surface area contributed by atoms with Crippen molar-refractivity contribution >= 4 is 17.9 Å². The van der Waals surface area contributed by atoms with Gasteiger partial charge in [-0.05, 0) is 73.4 Å². The molecular formula is C49H64N4O12. The minimum Gasteiger partial charge on any atom is -0.483 e. The van der Waals surface area contributed by atoms with Gasteiger partial charge in [0.2, 0.25) is 22.4 Å². The first-order chi connectivity index (χ1) is 30.7. The fourth-order valence-electron chi connectivity index (χ4n) is 7.67. The van der Waals surface area contributed by atoms with Gasteiger partial charge in [0.1, 0.15) is 30.3 Å². The highest BCUT2D eigenvalue weighted by molar-refractivity contribution is 5.96. The van der Waals surface area contributed by atoms with Crippen LogP contribution < -0.4 is 20.3 Å². The number of fused-ring (bicyclic) bond motifs is 1. The topological polar surface area (TPSA) is 191 Å². The number of rotatable bonds is 14. The maximum Gasteiger partial charge on any atom is 0.412 e. The molecule has 2 aromatic heterocycles. The highest BCUT2D eigenvalue weighted by atomic mass is 16.6. The average molecular weight is 901 g/mol. The van der Waals surface area contributed by atoms with Crippen LogP contribution in [0.1, 0.15) is 119 Å². The number of carbonyl (C=O) groups excluding carboxylic acids is 3. The molecule has 65 heavy (non-hydrogen) atoms. The highest BCUT2D eigenvalue weighted by Crippen LogP contribution is 2.32. The molecule has 4 aromatic rings. The lowest BCUT2D eigenvalue weighted by molar-refractivity contribution is -0.0634. The van der Waals surface area contributed by atoms with Crippen LogP contribution in [0.15, 0.2) is 86.8 Å². The molecule has 2 aliphatic rings. The second-order valence-corrected chi connectivity index (χ2v) is 18.0. The first-order valence-corrected chi connectivity index (χ1v) is 22.0. The zero-order valence-electron chi connectivity index (χ0n) is 39.2. The molecule has 2 aromatic carbocycles. The second kappa shape index (κ2) is 21.3. The number of hydrogen-bond acceptors (Lipinski definition) is 12. The quantitative estimate of drug-likeness (QED) is 0.144. The lowest BCUT2D eigenvalue weighted by Crippen LogP contribution is -2.54. The van der Waals surface area contributed by atoms with E-state index in [0.717, 1.165) is 11.1 Å². The third kappa shape index (κ3) is 12.0. The highest BCUT2D eigenvalue weighted by Gasteiger charge is 2.47. The first-order valence-electron chi connectivity index (χ1n) is 22.0. The third-order valence-corrected chi connectivity index (χ3v) is 10.9. The smallest absolute Gasteiger partial charge is 0.412 e. The molecule has 1 fully saturated rings. The van der Waals surface area contributed by atoms with Crippen molar-refractivity contribution < 1.29 is 48.0 Å². The Morgan fingerprint density at radius 2 is 1.43 bits per heavy atom. The molecule has 2 N–H and O–H groups in total. The summed E-state index contributed by atoms with van der Waals surface area (Å²) in [5.74, 6) is -0.788. The minimum absolute atomic E-state index is 0.0511. The van der Waals surface area contributed by atoms with Gasteiger partial charge in [-0.3, -0.25) is 24.1 Å². The van der Waals surface area contributed by atoms with E-state index in [4.69, 9.17) is 23.4 Å². The molecule has 0 bridgehead atoms. The number of benzene rings is 2. The van der Waals surface area contributed by atoms with E-state index in [-0.39, 0.29) is 79.6 Å². The molecule has 16 heteroatoms. The van der Waals surface area contributed by atoms with Gasteiger partial charge in [0.15, 0.2) is 11.4 Å². The van der Waals surface area contributed by atoms with Crippen LogP contribution >= 0.6 is 0 Å². The Morgan fingerprint density at radius 1 is 0.862 bits per heavy atom. The Bertz CT molecular complexity index is 2390. The van der Waals surface area contributed by atoms with Crippen molar-refractivity contribution in [3.63, 3.8) is 0 Å². The zero-order valence-corrected chi connectivity index (χ0v) is 39.2. The van der Waals surface area contributed by atoms with E-state index in [2.05, 4.69) is 0 Å². The van der Waals surface area contributed by atoms with Gasteiger partial charge in [0.25, 0.3) is 11.8 Å². The van der Waals surface area contributed by atoms with Gasteiger partial charge in [-0.1, -0.05) is 67.6 Å². The van der Waals surface area contributed by atoms with Crippen LogP contribution in [-0.4, -0.2) is 103 Å². The normalized spacial score (nSPS) is 16.8. The van der Waals surface area contributed by atoms with Crippen molar-refractivity contribution in [2.24, 2.45) is 0 Å². The Balaban J connectivity index is 0.000000258. The molecule has 2 atom stereocenters. The van der Waals surface area contributed by atoms with Crippen molar-refractivity contribution in [2.45, 2.75) is 131 Å². The Hall–Kier alpha value is -5.97. The van der Waals surface area contributed by atoms with Gasteiger partial charge >= 0.3 is 6.09 Å². The van der Waals surface area contributed by atoms with Crippen LogP contribution in [0.25, 0.3) is 0 Å². The molecule has 0 spiro atoms. The summed E-state index contributed by atoms with van der Waals surface area (Å²) in [5.41, 5.74) is -0.401. The molecule has 0 radical (unpaired) electrons. The molecule has 3 amide bonds. The fourth-order valence-corrected chi connectivity index (χ4v) is 7.67. The minimum atomic E-state index is -0.919. The van der Waals surface area contributed by atoms with Gasteiger partial charge < -0.3 is 47.9 Å². The van der Waals surface area contributed by atoms with Crippen molar-refractivity contribution in [1.29, 1.82) is 0 Å². The molecule has 16 nitrogen and oxygen atoms in total. The van der Waals surface area contributed by atoms with Crippen molar-refractivity contribution in [3.05, 3.63) is 127 Å². The Kier molecular flexibility index (Phi) is 16.4. The lowest BCUT2D eigenvalue weighted by Gasteiger charge is -2.39. The summed E-state index contributed by atoms with van der Waals surface area (Å²) in [6.45, 7) is 18.6. The summed E-state index contributed by atoms with van der Waals surface area (Å²) in [7, 11) is 0. The zero-order chi connectivity index (χ0) is 47.8. The van der Waals surface area contributed by atoms with Crippen LogP contribution in [0.2, 0.25) is 0 Å². The molecule has 0 aliphatic carbocycles. The van der Waals surface area contributed by atoms with E-state index in [1.54, 1.807) is 49.0 Å². The van der Waals surface area contributed by atoms with Gasteiger partial charge in [0.05, 0.1) is 31.9 Å². The first kappa shape index (κ1) is 50.0. The van der Waals surface area contributed by atoms with E-state index in [0.29, 0.717) is 18.7 Å². The molecule has 352 valence electrons. The number of ether oxygens (including phenoxy) is 4. The summed E-state index contributed by atoms with van der Waals surface area (Å²) < 4.78 is 30.6. The van der Waals surface area contributed by atoms with Crippen molar-refractivity contribution in [2.75, 3.05) is 26.3 Å². The third-order valence-electron chi connectivity index (χ3n) is 10.9. The monoisotopic (exact) mass is 900 g/mol. The van der Waals surface area contributed by atoms with Crippen LogP contribution in [0.4, 0.5) is 4.79 Å². The summed E-state index contributed by atoms with van der Waals surface area (Å²) in [6.07, 6.45) is -0.0830. The molecular weight excluding hydrogens is 837 g/mol. The van der Waals surface area contributed by atoms with E-state index >= 15 is 0 Å². The van der Waals surface area contributed by atoms with E-state index in [1.807, 2.05) is 95.3 Å². The van der Waals surface area contributed by atoms with Crippen molar-refractivity contribution in [1.82, 2.24) is 19.3 Å². The number of hydrogen-bond donors (Lipinski definition) is 2. The van der Waals surface area contributed by atoms with Crippen LogP contribution in [0.3, 0.4) is 0 Å². The fraction of sp³-hybridized carbons (Fsp3) is 0.490. The summed E-state index contributed by atoms with van der Waals surface area (Å²) >= 11 is 0. The molecule has 4 heterocycles. The number of carbonyl (C=O) groups is 3. The Labute approximate surface area is 380 Å². The van der Waals surface area contributed by atoms with Gasteiger partial charge in [-0.15, -0.1) is 0 Å². The second-order valence-electron chi connectivity index (χ2n) is 18.0. The van der Waals surface area contributed by atoms with Crippen LogP contribution in [0.5, 0.6) is 11.5 Å². The molecule has 0 saturated carbocycles. The van der Waals surface area contributed by atoms with Crippen LogP contribution in [0, 0.1) is 0 Å². The number of nitrogens with zero attached hydrogens (tertiary/aromatic N) is 4. The van der Waals surface area contributed by atoms with E-state index in [9.17, 15) is 34.2 Å². The van der Waals surface area contributed by atoms with Gasteiger partial charge in [-0.25, -0.2) is 4.79 Å². The van der Waals surface area contributed by atoms with Gasteiger partial charge in [-0.2, -0.15) is 0 Å². The predicted octanol–water partition coefficient (Wildman–Crippen LogP) is 6.32. The van der Waals surface area contributed by atoms with Gasteiger partial charge in [0, 0.05) is 49.4 Å². The van der Waals surface area contributed by atoms with E-state index in [1.165, 1.54) is 17.0 Å². The summed E-state index contributed by atoms with van der Waals surface area (Å²) in [6, 6.07) is 20.0. The maximum absolute atomic E-state index is 13.9. The average Bonchev–Trinajstić information content (AvgIpc) is 3.57. The number of pyridine rings is 1. The SMILES string of the molecule is CC(C)N1CC(CO)n2c(CO)cc(=O)c(OCc3ccccc3)c2C1=O.CCc1cc(=O)c(OCc2ccccc2)c(C(=O)N(CC2COC(C)(C)N2C(=O)OC(C)(C)C)C(C)C)o1. The van der Waals surface area contributed by atoms with E-state index < -0.39 is 52.9 Å². The summed E-state index contributed by atoms with van der Waals surface area (Å²) in [4.78, 5) is 70.5. The Morgan fingerprint density at radius 3 is 1.94 bits per heavy atom. The van der Waals surface area contributed by atoms with Crippen LogP contribution in [-0.2, 0) is 35.7 Å². The molecule has 2 aliphatic heterocycles. The molecule has 2 unspecified atom stereocenters. The largest absolute Gasteiger partial charge is 0.483 e. The van der Waals surface area contributed by atoms with Crippen molar-refractivity contribution in [3.8, 4) is 11.5 Å². The standard InChI is InChI=1S/C29H40N2O7.C20H24N2O5/c1-9-22-15-23(32)24(35-17-20-13-11-10-12-14-20)25(37-22)26(33)30(19(2)3)16-21-18-36-29(7,8)31(21)27(34)38-28(4,5)6;1-13(2)21-9-16(11-24)22-15(10-23)8-17(25)19(18(22)20(21)26)27-12-14-6-4-3-5-7-14/h10-15,19,21H,9,16-18H2,1-8H3;3-8,13,16,23-24H,9-12H2,1-2H3. The molecule has 1 saturated heterocycles. The number of aromatic nitrogens is 1.